The van der Waals surface area contributed by atoms with Crippen molar-refractivity contribution in [1.82, 2.24) is 0 Å². The van der Waals surface area contributed by atoms with Crippen molar-refractivity contribution in [2.45, 2.75) is 19.3 Å². The number of hydrogen-bond acceptors (Lipinski definition) is 3. The molecule has 0 bridgehead atoms. The number of fused-ring (bicyclic) bond motifs is 1. The first-order valence-electron chi connectivity index (χ1n) is 9.27. The molecule has 3 aromatic carbocycles. The molecule has 5 heteroatoms. The summed E-state index contributed by atoms with van der Waals surface area (Å²) in [6.07, 6.45) is 3.27. The number of benzene rings is 3. The number of nitro benzene ring substituents is 1. The summed E-state index contributed by atoms with van der Waals surface area (Å²) < 4.78 is 0. The molecule has 4 nitrogen and oxygen atoms in total. The zero-order chi connectivity index (χ0) is 18.8. The molecule has 1 saturated heterocycles. The standard InChI is InChI=1S/C22H21ClN2O2/c23-21-15-19(25(26)27)8-9-22(21)24-12-10-16(11-13-24)14-18-6-3-5-17-4-1-2-7-20(17)18/h1-9,15-16H,10-14H2. The lowest BCUT2D eigenvalue weighted by Gasteiger charge is -2.34. The van der Waals surface area contributed by atoms with Crippen LogP contribution in [0.5, 0.6) is 0 Å². The van der Waals surface area contributed by atoms with E-state index in [4.69, 9.17) is 11.6 Å². The Bertz CT molecular complexity index is 976. The van der Waals surface area contributed by atoms with Gasteiger partial charge in [0.1, 0.15) is 0 Å². The van der Waals surface area contributed by atoms with Crippen LogP contribution < -0.4 is 4.90 Å². The highest BCUT2D eigenvalue weighted by molar-refractivity contribution is 6.33. The monoisotopic (exact) mass is 380 g/mol. The fourth-order valence-electron chi connectivity index (χ4n) is 4.03. The SMILES string of the molecule is O=[N+]([O-])c1ccc(N2CCC(Cc3cccc4ccccc34)CC2)c(Cl)c1. The molecule has 3 aromatic rings. The zero-order valence-electron chi connectivity index (χ0n) is 15.0. The van der Waals surface area contributed by atoms with Gasteiger partial charge in [-0.15, -0.1) is 0 Å². The Morgan fingerprint density at radius 1 is 1.04 bits per heavy atom. The van der Waals surface area contributed by atoms with Crippen molar-refractivity contribution in [3.63, 3.8) is 0 Å². The minimum absolute atomic E-state index is 0.0367. The summed E-state index contributed by atoms with van der Waals surface area (Å²) in [7, 11) is 0. The number of non-ortho nitro benzene ring substituents is 1. The second-order valence-corrected chi connectivity index (χ2v) is 7.57. The minimum Gasteiger partial charge on any atom is -0.370 e. The van der Waals surface area contributed by atoms with Crippen LogP contribution in [0.4, 0.5) is 11.4 Å². The molecule has 4 rings (SSSR count). The van der Waals surface area contributed by atoms with E-state index in [2.05, 4.69) is 47.4 Å². The molecule has 0 unspecified atom stereocenters. The van der Waals surface area contributed by atoms with Crippen LogP contribution in [0.15, 0.2) is 60.7 Å². The molecule has 0 aliphatic carbocycles. The van der Waals surface area contributed by atoms with E-state index in [0.29, 0.717) is 10.9 Å². The topological polar surface area (TPSA) is 46.4 Å². The summed E-state index contributed by atoms with van der Waals surface area (Å²) in [6, 6.07) is 19.8. The lowest BCUT2D eigenvalue weighted by molar-refractivity contribution is -0.384. The summed E-state index contributed by atoms with van der Waals surface area (Å²) >= 11 is 6.29. The van der Waals surface area contributed by atoms with Gasteiger partial charge in [-0.3, -0.25) is 10.1 Å². The Kier molecular flexibility index (Phi) is 4.99. The van der Waals surface area contributed by atoms with Gasteiger partial charge >= 0.3 is 0 Å². The van der Waals surface area contributed by atoms with Crippen LogP contribution in [-0.4, -0.2) is 18.0 Å². The summed E-state index contributed by atoms with van der Waals surface area (Å²) in [5.74, 6) is 0.642. The van der Waals surface area contributed by atoms with Crippen LogP contribution in [0.2, 0.25) is 5.02 Å². The normalized spacial score (nSPS) is 15.2. The summed E-state index contributed by atoms with van der Waals surface area (Å²) in [6.45, 7) is 1.85. The molecule has 138 valence electrons. The van der Waals surface area contributed by atoms with E-state index in [9.17, 15) is 10.1 Å². The summed E-state index contributed by atoms with van der Waals surface area (Å²) in [4.78, 5) is 12.7. The molecule has 1 aliphatic heterocycles. The second kappa shape index (κ2) is 7.57. The second-order valence-electron chi connectivity index (χ2n) is 7.17. The van der Waals surface area contributed by atoms with Crippen molar-refractivity contribution >= 4 is 33.7 Å². The van der Waals surface area contributed by atoms with E-state index in [1.165, 1.54) is 28.5 Å². The Morgan fingerprint density at radius 3 is 2.52 bits per heavy atom. The predicted molar refractivity (Wildman–Crippen MR) is 111 cm³/mol. The Morgan fingerprint density at radius 2 is 1.78 bits per heavy atom. The maximum Gasteiger partial charge on any atom is 0.271 e. The van der Waals surface area contributed by atoms with Crippen LogP contribution in [-0.2, 0) is 6.42 Å². The van der Waals surface area contributed by atoms with Gasteiger partial charge in [-0.05, 0) is 47.6 Å². The number of rotatable bonds is 4. The third kappa shape index (κ3) is 3.76. The maximum atomic E-state index is 10.9. The fraction of sp³-hybridized carbons (Fsp3) is 0.273. The van der Waals surface area contributed by atoms with Gasteiger partial charge in [0.25, 0.3) is 5.69 Å². The van der Waals surface area contributed by atoms with Crippen molar-refractivity contribution in [3.05, 3.63) is 81.4 Å². The van der Waals surface area contributed by atoms with Gasteiger partial charge < -0.3 is 4.90 Å². The van der Waals surface area contributed by atoms with Gasteiger partial charge in [0.05, 0.1) is 15.6 Å². The molecule has 1 fully saturated rings. The number of piperidine rings is 1. The van der Waals surface area contributed by atoms with Gasteiger partial charge in [-0.2, -0.15) is 0 Å². The van der Waals surface area contributed by atoms with Crippen LogP contribution in [0, 0.1) is 16.0 Å². The molecule has 0 saturated carbocycles. The molecule has 1 heterocycles. The van der Waals surface area contributed by atoms with E-state index < -0.39 is 4.92 Å². The van der Waals surface area contributed by atoms with Crippen LogP contribution in [0.1, 0.15) is 18.4 Å². The average Bonchev–Trinajstić information content (AvgIpc) is 2.69. The highest BCUT2D eigenvalue weighted by atomic mass is 35.5. The zero-order valence-corrected chi connectivity index (χ0v) is 15.7. The highest BCUT2D eigenvalue weighted by Gasteiger charge is 2.22. The third-order valence-corrected chi connectivity index (χ3v) is 5.79. The van der Waals surface area contributed by atoms with Gasteiger partial charge in [0.2, 0.25) is 0 Å². The van der Waals surface area contributed by atoms with Gasteiger partial charge in [-0.1, -0.05) is 54.1 Å². The molecular weight excluding hydrogens is 360 g/mol. The number of nitro groups is 1. The molecule has 0 amide bonds. The largest absolute Gasteiger partial charge is 0.370 e. The number of nitrogens with zero attached hydrogens (tertiary/aromatic N) is 2. The van der Waals surface area contributed by atoms with Crippen molar-refractivity contribution in [2.75, 3.05) is 18.0 Å². The van der Waals surface area contributed by atoms with Crippen LogP contribution in [0.25, 0.3) is 10.8 Å². The van der Waals surface area contributed by atoms with Crippen LogP contribution >= 0.6 is 11.6 Å². The summed E-state index contributed by atoms with van der Waals surface area (Å²) in [5, 5.41) is 14.0. The quantitative estimate of drug-likeness (QED) is 0.420. The lowest BCUT2D eigenvalue weighted by Crippen LogP contribution is -2.34. The van der Waals surface area contributed by atoms with Crippen molar-refractivity contribution in [1.29, 1.82) is 0 Å². The Hall–Kier alpha value is -2.59. The van der Waals surface area contributed by atoms with Gasteiger partial charge in [0.15, 0.2) is 0 Å². The molecule has 27 heavy (non-hydrogen) atoms. The Labute approximate surface area is 163 Å². The molecule has 1 aliphatic rings. The summed E-state index contributed by atoms with van der Waals surface area (Å²) in [5.41, 5.74) is 2.35. The number of hydrogen-bond donors (Lipinski definition) is 0. The molecule has 0 radical (unpaired) electrons. The fourth-order valence-corrected chi connectivity index (χ4v) is 4.32. The highest BCUT2D eigenvalue weighted by Crippen LogP contribution is 2.33. The number of halogens is 1. The Balaban J connectivity index is 1.44. The third-order valence-electron chi connectivity index (χ3n) is 5.49. The molecule has 0 spiro atoms. The van der Waals surface area contributed by atoms with Crippen molar-refractivity contribution in [2.24, 2.45) is 5.92 Å². The predicted octanol–water partition coefficient (Wildman–Crippen LogP) is 5.86. The van der Waals surface area contributed by atoms with E-state index in [1.807, 2.05) is 0 Å². The van der Waals surface area contributed by atoms with Crippen LogP contribution in [0.3, 0.4) is 0 Å². The lowest BCUT2D eigenvalue weighted by atomic mass is 9.88. The van der Waals surface area contributed by atoms with E-state index in [-0.39, 0.29) is 5.69 Å². The molecule has 0 aromatic heterocycles. The van der Waals surface area contributed by atoms with E-state index in [0.717, 1.165) is 38.0 Å². The van der Waals surface area contributed by atoms with Crippen molar-refractivity contribution < 1.29 is 4.92 Å². The van der Waals surface area contributed by atoms with E-state index in [1.54, 1.807) is 6.07 Å². The molecular formula is C22H21ClN2O2. The van der Waals surface area contributed by atoms with Gasteiger partial charge in [-0.25, -0.2) is 0 Å². The smallest absolute Gasteiger partial charge is 0.271 e. The van der Waals surface area contributed by atoms with Gasteiger partial charge in [0, 0.05) is 25.2 Å². The van der Waals surface area contributed by atoms with E-state index >= 15 is 0 Å². The first kappa shape index (κ1) is 17.8. The number of anilines is 1. The first-order chi connectivity index (χ1) is 13.1. The maximum absolute atomic E-state index is 10.9. The minimum atomic E-state index is -0.411. The molecule has 0 N–H and O–H groups in total. The first-order valence-corrected chi connectivity index (χ1v) is 9.65. The average molecular weight is 381 g/mol. The molecule has 0 atom stereocenters. The van der Waals surface area contributed by atoms with Crippen molar-refractivity contribution in [3.8, 4) is 0 Å².